The van der Waals surface area contributed by atoms with Crippen LogP contribution in [0.1, 0.15) is 80.6 Å². The Labute approximate surface area is 111 Å². The first-order chi connectivity index (χ1) is 7.89. The van der Waals surface area contributed by atoms with Gasteiger partial charge in [0.15, 0.2) is 0 Å². The molecule has 0 aliphatic heterocycles. The number of unbranched alkanes of at least 4 members (excludes halogenated alkanes) is 4. The molecule has 0 nitrogen and oxygen atoms in total. The van der Waals surface area contributed by atoms with E-state index in [4.69, 9.17) is 0 Å². The molecule has 0 fully saturated rings. The summed E-state index contributed by atoms with van der Waals surface area (Å²) < 4.78 is 0. The molecular weight excluding hydrogens is 223 g/mol. The van der Waals surface area contributed by atoms with Gasteiger partial charge in [0, 0.05) is 7.26 Å². The SMILES string of the molecule is CCCCCCC[P+](C(C)C)(C(C)C)C(C)C. The Morgan fingerprint density at radius 2 is 1.06 bits per heavy atom. The highest BCUT2D eigenvalue weighted by atomic mass is 31.2. The molecule has 0 saturated carbocycles. The van der Waals surface area contributed by atoms with Crippen LogP contribution >= 0.6 is 7.26 Å². The summed E-state index contributed by atoms with van der Waals surface area (Å²) in [7, 11) is -0.761. The summed E-state index contributed by atoms with van der Waals surface area (Å²) in [4.78, 5) is 0. The van der Waals surface area contributed by atoms with E-state index in [1.807, 2.05) is 0 Å². The lowest BCUT2D eigenvalue weighted by Crippen LogP contribution is -2.26. The number of hydrogen-bond acceptors (Lipinski definition) is 0. The Kier molecular flexibility index (Phi) is 8.73. The van der Waals surface area contributed by atoms with Crippen molar-refractivity contribution in [3.8, 4) is 0 Å². The zero-order valence-corrected chi connectivity index (χ0v) is 14.3. The van der Waals surface area contributed by atoms with Crippen molar-refractivity contribution in [3.05, 3.63) is 0 Å². The molecule has 0 unspecified atom stereocenters. The van der Waals surface area contributed by atoms with Crippen molar-refractivity contribution in [2.24, 2.45) is 0 Å². The topological polar surface area (TPSA) is 0 Å². The fourth-order valence-electron chi connectivity index (χ4n) is 3.55. The first kappa shape index (κ1) is 17.4. The van der Waals surface area contributed by atoms with Crippen LogP contribution in [0.4, 0.5) is 0 Å². The minimum Gasteiger partial charge on any atom is -0.0654 e. The van der Waals surface area contributed by atoms with E-state index in [-0.39, 0.29) is 0 Å². The molecule has 0 radical (unpaired) electrons. The molecule has 0 aliphatic carbocycles. The smallest absolute Gasteiger partial charge is 0.0646 e. The molecule has 0 spiro atoms. The van der Waals surface area contributed by atoms with E-state index in [9.17, 15) is 0 Å². The Balaban J connectivity index is 4.38. The lowest BCUT2D eigenvalue weighted by Gasteiger charge is -2.38. The van der Waals surface area contributed by atoms with Crippen molar-refractivity contribution < 1.29 is 0 Å². The Morgan fingerprint density at radius 1 is 0.647 bits per heavy atom. The van der Waals surface area contributed by atoms with Crippen LogP contribution in [0.15, 0.2) is 0 Å². The minimum absolute atomic E-state index is 0.761. The van der Waals surface area contributed by atoms with Crippen LogP contribution < -0.4 is 0 Å². The summed E-state index contributed by atoms with van der Waals surface area (Å²) in [5, 5.41) is 0. The monoisotopic (exact) mass is 259 g/mol. The van der Waals surface area contributed by atoms with Gasteiger partial charge in [0.1, 0.15) is 0 Å². The summed E-state index contributed by atoms with van der Waals surface area (Å²) in [5.74, 6) is 0. The second-order valence-corrected chi connectivity index (χ2v) is 11.9. The van der Waals surface area contributed by atoms with Gasteiger partial charge in [0.2, 0.25) is 0 Å². The average molecular weight is 259 g/mol. The van der Waals surface area contributed by atoms with Crippen LogP contribution in [-0.2, 0) is 0 Å². The fourth-order valence-corrected chi connectivity index (χ4v) is 9.45. The summed E-state index contributed by atoms with van der Waals surface area (Å²) in [5.41, 5.74) is 2.73. The zero-order chi connectivity index (χ0) is 13.5. The highest BCUT2D eigenvalue weighted by molar-refractivity contribution is 7.77. The predicted octanol–water partition coefficient (Wildman–Crippen LogP) is 6.20. The van der Waals surface area contributed by atoms with Gasteiger partial charge >= 0.3 is 0 Å². The number of rotatable bonds is 9. The van der Waals surface area contributed by atoms with Crippen molar-refractivity contribution in [1.82, 2.24) is 0 Å². The van der Waals surface area contributed by atoms with E-state index in [1.165, 1.54) is 38.3 Å². The largest absolute Gasteiger partial charge is 0.0654 e. The van der Waals surface area contributed by atoms with Gasteiger partial charge in [-0.3, -0.25) is 0 Å². The molecule has 0 aromatic rings. The van der Waals surface area contributed by atoms with Gasteiger partial charge in [0.25, 0.3) is 0 Å². The van der Waals surface area contributed by atoms with Crippen molar-refractivity contribution in [2.75, 3.05) is 6.16 Å². The summed E-state index contributed by atoms with van der Waals surface area (Å²) in [6, 6.07) is 0. The molecule has 0 rings (SSSR count). The van der Waals surface area contributed by atoms with Crippen molar-refractivity contribution in [1.29, 1.82) is 0 Å². The van der Waals surface area contributed by atoms with Crippen molar-refractivity contribution in [3.63, 3.8) is 0 Å². The molecule has 0 N–H and O–H groups in total. The molecule has 0 aromatic heterocycles. The van der Waals surface area contributed by atoms with Crippen molar-refractivity contribution in [2.45, 2.75) is 97.5 Å². The Bertz CT molecular complexity index is 160. The molecule has 1 heteroatoms. The molecule has 0 amide bonds. The van der Waals surface area contributed by atoms with E-state index < -0.39 is 7.26 Å². The second-order valence-electron chi connectivity index (χ2n) is 6.41. The Morgan fingerprint density at radius 3 is 1.41 bits per heavy atom. The van der Waals surface area contributed by atoms with Gasteiger partial charge in [-0.1, -0.05) is 26.2 Å². The van der Waals surface area contributed by atoms with Crippen LogP contribution in [-0.4, -0.2) is 23.1 Å². The van der Waals surface area contributed by atoms with Gasteiger partial charge in [-0.15, -0.1) is 0 Å². The van der Waals surface area contributed by atoms with Crippen LogP contribution in [0, 0.1) is 0 Å². The fraction of sp³-hybridized carbons (Fsp3) is 1.00. The molecule has 0 bridgehead atoms. The van der Waals surface area contributed by atoms with E-state index in [0.717, 1.165) is 17.0 Å². The third kappa shape index (κ3) is 4.90. The average Bonchev–Trinajstić information content (AvgIpc) is 2.21. The molecule has 17 heavy (non-hydrogen) atoms. The first-order valence-corrected chi connectivity index (χ1v) is 9.94. The van der Waals surface area contributed by atoms with E-state index in [0.29, 0.717) is 0 Å². The molecule has 0 aromatic carbocycles. The van der Waals surface area contributed by atoms with Crippen LogP contribution in [0.25, 0.3) is 0 Å². The number of hydrogen-bond donors (Lipinski definition) is 0. The maximum atomic E-state index is 2.47. The molecule has 0 aliphatic rings. The van der Waals surface area contributed by atoms with Gasteiger partial charge in [-0.2, -0.15) is 0 Å². The van der Waals surface area contributed by atoms with E-state index in [1.54, 1.807) is 0 Å². The first-order valence-electron chi connectivity index (χ1n) is 7.76. The molecule has 0 saturated heterocycles. The van der Waals surface area contributed by atoms with Gasteiger partial charge < -0.3 is 0 Å². The highest BCUT2D eigenvalue weighted by Crippen LogP contribution is 2.70. The lowest BCUT2D eigenvalue weighted by atomic mass is 10.2. The summed E-state index contributed by atoms with van der Waals surface area (Å²) >= 11 is 0. The molecule has 0 atom stereocenters. The highest BCUT2D eigenvalue weighted by Gasteiger charge is 2.46. The van der Waals surface area contributed by atoms with Gasteiger partial charge in [0.05, 0.1) is 23.1 Å². The second kappa shape index (κ2) is 8.52. The third-order valence-electron chi connectivity index (χ3n) is 4.53. The third-order valence-corrected chi connectivity index (χ3v) is 11.4. The molecule has 104 valence electrons. The zero-order valence-electron chi connectivity index (χ0n) is 13.4. The quantitative estimate of drug-likeness (QED) is 0.341. The lowest BCUT2D eigenvalue weighted by molar-refractivity contribution is 0.654. The van der Waals surface area contributed by atoms with Crippen molar-refractivity contribution >= 4 is 7.26 Å². The van der Waals surface area contributed by atoms with E-state index in [2.05, 4.69) is 48.5 Å². The van der Waals surface area contributed by atoms with Crippen LogP contribution in [0.2, 0.25) is 0 Å². The van der Waals surface area contributed by atoms with E-state index >= 15 is 0 Å². The maximum absolute atomic E-state index is 2.47. The molecule has 0 heterocycles. The molecular formula is C16H36P+. The van der Waals surface area contributed by atoms with Gasteiger partial charge in [-0.05, 0) is 54.4 Å². The van der Waals surface area contributed by atoms with Crippen LogP contribution in [0.3, 0.4) is 0 Å². The Hall–Kier alpha value is 0.430. The minimum atomic E-state index is -0.761. The predicted molar refractivity (Wildman–Crippen MR) is 86.0 cm³/mol. The standard InChI is InChI=1S/C16H36P/c1-8-9-10-11-12-13-17(14(2)3,15(4)5)16(6)7/h14-16H,8-13H2,1-7H3/q+1. The summed E-state index contributed by atoms with van der Waals surface area (Å²) in [6.45, 7) is 17.1. The van der Waals surface area contributed by atoms with Crippen LogP contribution in [0.5, 0.6) is 0 Å². The summed E-state index contributed by atoms with van der Waals surface area (Å²) in [6.07, 6.45) is 8.70. The normalized spacial score (nSPS) is 13.1. The maximum Gasteiger partial charge on any atom is 0.0646 e. The van der Waals surface area contributed by atoms with Gasteiger partial charge in [-0.25, -0.2) is 0 Å².